The van der Waals surface area contributed by atoms with E-state index in [-0.39, 0.29) is 5.41 Å². The molecule has 1 rings (SSSR count). The van der Waals surface area contributed by atoms with Gasteiger partial charge in [-0.15, -0.1) is 0 Å². The topological polar surface area (TPSA) is 35.2 Å². The van der Waals surface area contributed by atoms with Gasteiger partial charge in [-0.25, -0.2) is 0 Å². The Kier molecular flexibility index (Phi) is 3.74. The van der Waals surface area contributed by atoms with Crippen LogP contribution in [0.3, 0.4) is 0 Å². The van der Waals surface area contributed by atoms with Crippen LogP contribution < -0.4 is 5.73 Å². The van der Waals surface area contributed by atoms with Crippen molar-refractivity contribution in [2.75, 3.05) is 6.61 Å². The Balaban J connectivity index is 2.17. The summed E-state index contributed by atoms with van der Waals surface area (Å²) in [6.07, 6.45) is 5.19. The van der Waals surface area contributed by atoms with Crippen LogP contribution >= 0.6 is 0 Å². The van der Waals surface area contributed by atoms with Gasteiger partial charge in [0.25, 0.3) is 0 Å². The molecule has 1 fully saturated rings. The van der Waals surface area contributed by atoms with Gasteiger partial charge in [-0.05, 0) is 31.1 Å². The molecule has 1 saturated heterocycles. The summed E-state index contributed by atoms with van der Waals surface area (Å²) in [6, 6.07) is 0.302. The Labute approximate surface area is 81.8 Å². The van der Waals surface area contributed by atoms with Gasteiger partial charge in [0.15, 0.2) is 0 Å². The molecule has 13 heavy (non-hydrogen) atoms. The SMILES string of the molecule is CC(C)(C)C(N)CCC1CCCO1. The molecule has 0 aliphatic carbocycles. The van der Waals surface area contributed by atoms with Gasteiger partial charge in [0, 0.05) is 12.6 Å². The Morgan fingerprint density at radius 2 is 2.15 bits per heavy atom. The van der Waals surface area contributed by atoms with Crippen LogP contribution in [0.2, 0.25) is 0 Å². The van der Waals surface area contributed by atoms with Crippen LogP contribution in [0.1, 0.15) is 46.5 Å². The van der Waals surface area contributed by atoms with Gasteiger partial charge in [-0.1, -0.05) is 20.8 Å². The molecule has 2 nitrogen and oxygen atoms in total. The molecule has 1 aliphatic rings. The third kappa shape index (κ3) is 3.65. The molecule has 1 aliphatic heterocycles. The van der Waals surface area contributed by atoms with Crippen molar-refractivity contribution < 1.29 is 4.74 Å². The second kappa shape index (κ2) is 4.43. The van der Waals surface area contributed by atoms with Crippen molar-refractivity contribution in [3.8, 4) is 0 Å². The van der Waals surface area contributed by atoms with Gasteiger partial charge >= 0.3 is 0 Å². The van der Waals surface area contributed by atoms with Gasteiger partial charge in [0.2, 0.25) is 0 Å². The minimum absolute atomic E-state index is 0.235. The van der Waals surface area contributed by atoms with E-state index in [2.05, 4.69) is 20.8 Å². The third-order valence-corrected chi connectivity index (χ3v) is 2.94. The minimum Gasteiger partial charge on any atom is -0.378 e. The molecule has 0 aromatic carbocycles. The highest BCUT2D eigenvalue weighted by Crippen LogP contribution is 2.24. The van der Waals surface area contributed by atoms with E-state index >= 15 is 0 Å². The lowest BCUT2D eigenvalue weighted by molar-refractivity contribution is 0.0966. The molecule has 0 aromatic rings. The second-order valence-corrected chi connectivity index (χ2v) is 5.18. The molecule has 0 bridgehead atoms. The Bertz CT molecular complexity index is 145. The highest BCUT2D eigenvalue weighted by molar-refractivity contribution is 4.78. The summed E-state index contributed by atoms with van der Waals surface area (Å²) in [7, 11) is 0. The Morgan fingerprint density at radius 1 is 1.46 bits per heavy atom. The standard InChI is InChI=1S/C11H23NO/c1-11(2,3)10(12)7-6-9-5-4-8-13-9/h9-10H,4-8,12H2,1-3H3. The van der Waals surface area contributed by atoms with Gasteiger partial charge < -0.3 is 10.5 Å². The van der Waals surface area contributed by atoms with Gasteiger partial charge in [-0.3, -0.25) is 0 Å². The largest absolute Gasteiger partial charge is 0.378 e. The van der Waals surface area contributed by atoms with E-state index in [1.54, 1.807) is 0 Å². The summed E-state index contributed by atoms with van der Waals surface area (Å²) in [6.45, 7) is 7.56. The van der Waals surface area contributed by atoms with Crippen molar-refractivity contribution >= 4 is 0 Å². The Morgan fingerprint density at radius 3 is 2.62 bits per heavy atom. The average molecular weight is 185 g/mol. The zero-order valence-corrected chi connectivity index (χ0v) is 9.18. The first-order valence-electron chi connectivity index (χ1n) is 5.37. The van der Waals surface area contributed by atoms with E-state index in [0.717, 1.165) is 19.4 Å². The molecular weight excluding hydrogens is 162 g/mol. The van der Waals surface area contributed by atoms with Crippen molar-refractivity contribution in [3.63, 3.8) is 0 Å². The maximum absolute atomic E-state index is 6.07. The quantitative estimate of drug-likeness (QED) is 0.732. The minimum atomic E-state index is 0.235. The normalized spacial score (nSPS) is 26.3. The van der Waals surface area contributed by atoms with Crippen LogP contribution in [0.15, 0.2) is 0 Å². The molecule has 2 heteroatoms. The third-order valence-electron chi connectivity index (χ3n) is 2.94. The van der Waals surface area contributed by atoms with Crippen LogP contribution in [0.4, 0.5) is 0 Å². The predicted octanol–water partition coefficient (Wildman–Crippen LogP) is 2.32. The van der Waals surface area contributed by atoms with Gasteiger partial charge in [0.05, 0.1) is 6.10 Å². The molecule has 1 heterocycles. The monoisotopic (exact) mass is 185 g/mol. The van der Waals surface area contributed by atoms with Crippen LogP contribution in [0.5, 0.6) is 0 Å². The second-order valence-electron chi connectivity index (χ2n) is 5.18. The maximum atomic E-state index is 6.07. The molecule has 0 saturated carbocycles. The Hall–Kier alpha value is -0.0800. The van der Waals surface area contributed by atoms with Crippen molar-refractivity contribution in [3.05, 3.63) is 0 Å². The van der Waals surface area contributed by atoms with Crippen molar-refractivity contribution in [1.82, 2.24) is 0 Å². The molecule has 2 N–H and O–H groups in total. The predicted molar refractivity (Wildman–Crippen MR) is 55.6 cm³/mol. The number of hydrogen-bond donors (Lipinski definition) is 1. The number of ether oxygens (including phenoxy) is 1. The smallest absolute Gasteiger partial charge is 0.0576 e. The van der Waals surface area contributed by atoms with Gasteiger partial charge in [-0.2, -0.15) is 0 Å². The molecule has 2 unspecified atom stereocenters. The van der Waals surface area contributed by atoms with E-state index in [0.29, 0.717) is 12.1 Å². The summed E-state index contributed by atoms with van der Waals surface area (Å²) in [5.41, 5.74) is 6.31. The van der Waals surface area contributed by atoms with Gasteiger partial charge in [0.1, 0.15) is 0 Å². The molecule has 0 aromatic heterocycles. The molecule has 2 atom stereocenters. The number of rotatable bonds is 3. The number of hydrogen-bond acceptors (Lipinski definition) is 2. The lowest BCUT2D eigenvalue weighted by Gasteiger charge is -2.27. The zero-order chi connectivity index (χ0) is 9.90. The molecule has 78 valence electrons. The van der Waals surface area contributed by atoms with E-state index in [9.17, 15) is 0 Å². The van der Waals surface area contributed by atoms with Crippen LogP contribution in [-0.2, 0) is 4.74 Å². The molecule has 0 radical (unpaired) electrons. The fourth-order valence-electron chi connectivity index (χ4n) is 1.67. The van der Waals surface area contributed by atoms with E-state index in [1.807, 2.05) is 0 Å². The average Bonchev–Trinajstić information content (AvgIpc) is 2.50. The van der Waals surface area contributed by atoms with E-state index in [1.165, 1.54) is 12.8 Å². The summed E-state index contributed by atoms with van der Waals surface area (Å²) in [4.78, 5) is 0. The number of nitrogens with two attached hydrogens (primary N) is 1. The van der Waals surface area contributed by atoms with Crippen LogP contribution in [-0.4, -0.2) is 18.8 Å². The van der Waals surface area contributed by atoms with Crippen molar-refractivity contribution in [2.24, 2.45) is 11.1 Å². The van der Waals surface area contributed by atoms with Crippen molar-refractivity contribution in [2.45, 2.75) is 58.6 Å². The first-order chi connectivity index (χ1) is 6.00. The fraction of sp³-hybridized carbons (Fsp3) is 1.00. The maximum Gasteiger partial charge on any atom is 0.0576 e. The summed E-state index contributed by atoms with van der Waals surface area (Å²) < 4.78 is 5.56. The summed E-state index contributed by atoms with van der Waals surface area (Å²) in [5.74, 6) is 0. The van der Waals surface area contributed by atoms with Crippen LogP contribution in [0.25, 0.3) is 0 Å². The summed E-state index contributed by atoms with van der Waals surface area (Å²) in [5, 5.41) is 0. The highest BCUT2D eigenvalue weighted by Gasteiger charge is 2.23. The van der Waals surface area contributed by atoms with Crippen molar-refractivity contribution in [1.29, 1.82) is 0 Å². The molecular formula is C11H23NO. The van der Waals surface area contributed by atoms with E-state index < -0.39 is 0 Å². The zero-order valence-electron chi connectivity index (χ0n) is 9.18. The lowest BCUT2D eigenvalue weighted by atomic mass is 9.84. The first kappa shape index (κ1) is 11.0. The van der Waals surface area contributed by atoms with E-state index in [4.69, 9.17) is 10.5 Å². The molecule has 0 amide bonds. The lowest BCUT2D eigenvalue weighted by Crippen LogP contribution is -2.35. The highest BCUT2D eigenvalue weighted by atomic mass is 16.5. The first-order valence-corrected chi connectivity index (χ1v) is 5.37. The molecule has 0 spiro atoms. The fourth-order valence-corrected chi connectivity index (χ4v) is 1.67. The van der Waals surface area contributed by atoms with Crippen LogP contribution in [0, 0.1) is 5.41 Å². The summed E-state index contributed by atoms with van der Waals surface area (Å²) >= 11 is 0.